The lowest BCUT2D eigenvalue weighted by Gasteiger charge is -2.07. The molecule has 0 unspecified atom stereocenters. The van der Waals surface area contributed by atoms with E-state index in [1.54, 1.807) is 16.6 Å². The molecule has 0 N–H and O–H groups in total. The summed E-state index contributed by atoms with van der Waals surface area (Å²) >= 11 is 4.99. The van der Waals surface area contributed by atoms with Crippen LogP contribution in [0.5, 0.6) is 0 Å². The van der Waals surface area contributed by atoms with E-state index in [0.717, 1.165) is 31.8 Å². The van der Waals surface area contributed by atoms with Crippen LogP contribution in [0.2, 0.25) is 0 Å². The molecule has 0 aliphatic carbocycles. The Bertz CT molecular complexity index is 1110. The number of rotatable bonds is 3. The Morgan fingerprint density at radius 2 is 1.85 bits per heavy atom. The number of hydrogen-bond acceptors (Lipinski definition) is 4. The normalized spacial score (nSPS) is 15.7. The van der Waals surface area contributed by atoms with E-state index in [9.17, 15) is 4.79 Å². The SMILES string of the molecule is CCN=c1scc(-c2ccc(Br)cc2)n1N=C1C(=O)N(C)c2ccccc21. The van der Waals surface area contributed by atoms with Crippen molar-refractivity contribution in [2.45, 2.75) is 6.92 Å². The Morgan fingerprint density at radius 3 is 2.59 bits per heavy atom. The van der Waals surface area contributed by atoms with Gasteiger partial charge in [0, 0.05) is 34.6 Å². The summed E-state index contributed by atoms with van der Waals surface area (Å²) in [5, 5.41) is 6.78. The van der Waals surface area contributed by atoms with Crippen molar-refractivity contribution in [1.29, 1.82) is 0 Å². The largest absolute Gasteiger partial charge is 0.309 e. The molecule has 0 spiro atoms. The molecule has 1 aliphatic rings. The van der Waals surface area contributed by atoms with Gasteiger partial charge in [-0.1, -0.05) is 46.3 Å². The van der Waals surface area contributed by atoms with E-state index in [2.05, 4.69) is 20.9 Å². The molecule has 0 fully saturated rings. The molecule has 2 aromatic carbocycles. The van der Waals surface area contributed by atoms with Crippen LogP contribution in [0.1, 0.15) is 12.5 Å². The van der Waals surface area contributed by atoms with E-state index >= 15 is 0 Å². The topological polar surface area (TPSA) is 50.0 Å². The number of benzene rings is 2. The minimum atomic E-state index is -0.112. The van der Waals surface area contributed by atoms with Crippen molar-refractivity contribution < 1.29 is 4.79 Å². The molecule has 1 aromatic heterocycles. The highest BCUT2D eigenvalue weighted by Crippen LogP contribution is 2.29. The number of fused-ring (bicyclic) bond motifs is 1. The third-order valence-corrected chi connectivity index (χ3v) is 5.73. The van der Waals surface area contributed by atoms with Crippen molar-refractivity contribution in [3.63, 3.8) is 0 Å². The quantitative estimate of drug-likeness (QED) is 0.603. The fourth-order valence-electron chi connectivity index (χ4n) is 3.00. The van der Waals surface area contributed by atoms with Gasteiger partial charge >= 0.3 is 0 Å². The average molecular weight is 441 g/mol. The van der Waals surface area contributed by atoms with Gasteiger partial charge in [-0.15, -0.1) is 11.3 Å². The molecule has 1 aliphatic heterocycles. The van der Waals surface area contributed by atoms with Crippen molar-refractivity contribution in [1.82, 2.24) is 4.68 Å². The standard InChI is InChI=1S/C20H17BrN4OS/c1-3-22-20-25(17(12-27-20)13-8-10-14(21)11-9-13)23-18-15-6-4-5-7-16(15)24(2)19(18)26/h4-12H,3H2,1-2H3. The number of carbonyl (C=O) groups is 1. The average Bonchev–Trinajstić information content (AvgIpc) is 3.18. The third kappa shape index (κ3) is 3.17. The number of likely N-dealkylation sites (N-methyl/N-ethyl adjacent to an activating group) is 1. The number of hydrogen-bond donors (Lipinski definition) is 0. The Kier molecular flexibility index (Phi) is 4.80. The second-order valence-electron chi connectivity index (χ2n) is 6.03. The molecule has 5 nitrogen and oxygen atoms in total. The van der Waals surface area contributed by atoms with Gasteiger partial charge in [-0.2, -0.15) is 5.10 Å². The van der Waals surface area contributed by atoms with Crippen LogP contribution in [-0.4, -0.2) is 29.9 Å². The highest BCUT2D eigenvalue weighted by Gasteiger charge is 2.31. The molecule has 0 atom stereocenters. The lowest BCUT2D eigenvalue weighted by molar-refractivity contribution is -0.112. The molecule has 0 radical (unpaired) electrons. The molecule has 4 rings (SSSR count). The van der Waals surface area contributed by atoms with Crippen LogP contribution >= 0.6 is 27.3 Å². The van der Waals surface area contributed by atoms with Gasteiger partial charge in [0.15, 0.2) is 5.71 Å². The van der Waals surface area contributed by atoms with Crippen LogP contribution < -0.4 is 9.70 Å². The van der Waals surface area contributed by atoms with Crippen molar-refractivity contribution in [3.05, 3.63) is 68.7 Å². The Hall–Kier alpha value is -2.51. The maximum absolute atomic E-state index is 12.8. The van der Waals surface area contributed by atoms with Crippen molar-refractivity contribution in [2.75, 3.05) is 18.5 Å². The van der Waals surface area contributed by atoms with Gasteiger partial charge in [0.1, 0.15) is 0 Å². The van der Waals surface area contributed by atoms with E-state index in [0.29, 0.717) is 12.3 Å². The molecule has 1 amide bonds. The van der Waals surface area contributed by atoms with Crippen LogP contribution in [-0.2, 0) is 4.79 Å². The lowest BCUT2D eigenvalue weighted by atomic mass is 10.1. The summed E-state index contributed by atoms with van der Waals surface area (Å²) in [6.07, 6.45) is 0. The molecular weight excluding hydrogens is 424 g/mol. The molecule has 27 heavy (non-hydrogen) atoms. The van der Waals surface area contributed by atoms with Gasteiger partial charge in [-0.25, -0.2) is 4.68 Å². The molecule has 136 valence electrons. The van der Waals surface area contributed by atoms with Crippen molar-refractivity contribution in [2.24, 2.45) is 10.1 Å². The summed E-state index contributed by atoms with van der Waals surface area (Å²) in [4.78, 5) is 19.8. The van der Waals surface area contributed by atoms with Gasteiger partial charge in [0.2, 0.25) is 4.80 Å². The number of thiazole rings is 1. The smallest absolute Gasteiger partial charge is 0.279 e. The zero-order valence-corrected chi connectivity index (χ0v) is 17.3. The first-order valence-corrected chi connectivity index (χ1v) is 10.2. The van der Waals surface area contributed by atoms with E-state index in [4.69, 9.17) is 5.10 Å². The minimum Gasteiger partial charge on any atom is -0.309 e. The number of aromatic nitrogens is 1. The first kappa shape index (κ1) is 17.9. The summed E-state index contributed by atoms with van der Waals surface area (Å²) in [5.41, 5.74) is 4.07. The summed E-state index contributed by atoms with van der Waals surface area (Å²) in [6.45, 7) is 2.63. The van der Waals surface area contributed by atoms with Crippen LogP contribution in [0.4, 0.5) is 5.69 Å². The van der Waals surface area contributed by atoms with E-state index in [-0.39, 0.29) is 5.91 Å². The lowest BCUT2D eigenvalue weighted by Crippen LogP contribution is -2.27. The van der Waals surface area contributed by atoms with E-state index in [1.807, 2.05) is 60.8 Å². The molecular formula is C20H17BrN4OS. The molecule has 0 saturated heterocycles. The van der Waals surface area contributed by atoms with Crippen LogP contribution in [0.3, 0.4) is 0 Å². The fourth-order valence-corrected chi connectivity index (χ4v) is 4.16. The fraction of sp³-hybridized carbons (Fsp3) is 0.150. The van der Waals surface area contributed by atoms with Crippen LogP contribution in [0.25, 0.3) is 11.3 Å². The predicted molar refractivity (Wildman–Crippen MR) is 113 cm³/mol. The minimum absolute atomic E-state index is 0.112. The molecule has 0 bridgehead atoms. The first-order valence-electron chi connectivity index (χ1n) is 8.53. The molecule has 3 aromatic rings. The summed E-state index contributed by atoms with van der Waals surface area (Å²) in [5.74, 6) is -0.112. The van der Waals surface area contributed by atoms with Crippen molar-refractivity contribution >= 4 is 44.6 Å². The maximum Gasteiger partial charge on any atom is 0.279 e. The monoisotopic (exact) mass is 440 g/mol. The second kappa shape index (κ2) is 7.25. The van der Waals surface area contributed by atoms with Gasteiger partial charge < -0.3 is 4.90 Å². The number of nitrogens with zero attached hydrogens (tertiary/aromatic N) is 4. The number of amides is 1. The van der Waals surface area contributed by atoms with Gasteiger partial charge in [-0.3, -0.25) is 9.79 Å². The third-order valence-electron chi connectivity index (χ3n) is 4.35. The van der Waals surface area contributed by atoms with Crippen LogP contribution in [0.15, 0.2) is 68.5 Å². The zero-order valence-electron chi connectivity index (χ0n) is 14.9. The second-order valence-corrected chi connectivity index (χ2v) is 7.78. The summed E-state index contributed by atoms with van der Waals surface area (Å²) < 4.78 is 2.79. The molecule has 2 heterocycles. The van der Waals surface area contributed by atoms with Gasteiger partial charge in [0.05, 0.1) is 11.4 Å². The van der Waals surface area contributed by atoms with Crippen molar-refractivity contribution in [3.8, 4) is 11.3 Å². The Labute approximate surface area is 169 Å². The zero-order chi connectivity index (χ0) is 19.0. The highest BCUT2D eigenvalue weighted by molar-refractivity contribution is 9.10. The number of halogens is 1. The van der Waals surface area contributed by atoms with Gasteiger partial charge in [-0.05, 0) is 25.1 Å². The number of carbonyl (C=O) groups excluding carboxylic acids is 1. The molecule has 0 saturated carbocycles. The Morgan fingerprint density at radius 1 is 1.11 bits per heavy atom. The molecule has 7 heteroatoms. The number of anilines is 1. The van der Waals surface area contributed by atoms with E-state index < -0.39 is 0 Å². The predicted octanol–water partition coefficient (Wildman–Crippen LogP) is 4.13. The summed E-state index contributed by atoms with van der Waals surface area (Å²) in [6, 6.07) is 15.7. The Balaban J connectivity index is 1.93. The first-order chi connectivity index (χ1) is 13.1. The van der Waals surface area contributed by atoms with Crippen LogP contribution in [0, 0.1) is 0 Å². The highest BCUT2D eigenvalue weighted by atomic mass is 79.9. The van der Waals surface area contributed by atoms with E-state index in [1.165, 1.54) is 11.3 Å². The van der Waals surface area contributed by atoms with Gasteiger partial charge in [0.25, 0.3) is 5.91 Å². The summed E-state index contributed by atoms with van der Waals surface area (Å²) in [7, 11) is 1.77. The maximum atomic E-state index is 12.8. The number of para-hydroxylation sites is 1.